The molecule has 1 aromatic carbocycles. The van der Waals surface area contributed by atoms with E-state index < -0.39 is 0 Å². The minimum Gasteiger partial charge on any atom is -0.341 e. The minimum atomic E-state index is -0.279. The smallest absolute Gasteiger partial charge is 0.293 e. The third-order valence-electron chi connectivity index (χ3n) is 6.09. The zero-order valence-electron chi connectivity index (χ0n) is 18.5. The van der Waals surface area contributed by atoms with Gasteiger partial charge in [-0.25, -0.2) is 9.67 Å². The predicted molar refractivity (Wildman–Crippen MR) is 125 cm³/mol. The SMILES string of the molecule is CC#CCn1c(N2CCC[C@@H](N)C2)nc2cnn(Cc3ccc4ccccc4[n+]3O)c(=O)c21. The third-order valence-corrected chi connectivity index (χ3v) is 6.09. The van der Waals surface area contributed by atoms with Crippen LogP contribution in [0.15, 0.2) is 47.4 Å². The average Bonchev–Trinajstić information content (AvgIpc) is 3.20. The minimum absolute atomic E-state index is 0.0759. The fourth-order valence-corrected chi connectivity index (χ4v) is 4.43. The number of imidazole rings is 1. The van der Waals surface area contributed by atoms with Crippen LogP contribution in [0.25, 0.3) is 21.9 Å². The van der Waals surface area contributed by atoms with Gasteiger partial charge in [0.15, 0.2) is 0 Å². The lowest BCUT2D eigenvalue weighted by Gasteiger charge is -2.31. The summed E-state index contributed by atoms with van der Waals surface area (Å²) in [5, 5.41) is 15.9. The van der Waals surface area contributed by atoms with Gasteiger partial charge in [0.25, 0.3) is 16.8 Å². The van der Waals surface area contributed by atoms with Crippen molar-refractivity contribution < 1.29 is 9.94 Å². The van der Waals surface area contributed by atoms with Crippen molar-refractivity contribution in [3.63, 3.8) is 0 Å². The van der Waals surface area contributed by atoms with Gasteiger partial charge in [-0.3, -0.25) is 14.6 Å². The van der Waals surface area contributed by atoms with Crippen LogP contribution in [0, 0.1) is 11.8 Å². The topological polar surface area (TPSA) is 106 Å². The molecule has 4 heterocycles. The highest BCUT2D eigenvalue weighted by Gasteiger charge is 2.25. The molecule has 0 saturated carbocycles. The summed E-state index contributed by atoms with van der Waals surface area (Å²) < 4.78 is 4.31. The van der Waals surface area contributed by atoms with Crippen LogP contribution < -0.4 is 20.9 Å². The summed E-state index contributed by atoms with van der Waals surface area (Å²) in [6.45, 7) is 3.76. The maximum absolute atomic E-state index is 13.5. The third kappa shape index (κ3) is 3.79. The standard InChI is InChI=1S/C24H26N7O2/c1-2-3-13-29-22-20(27-24(29)28-12-6-8-18(25)15-28)14-26-30(23(22)32)16-19-11-10-17-7-4-5-9-21(17)31(19)33/h4-5,7,9-11,14,18,33H,6,8,12-13,15-16,25H2,1H3/q+1/t18-/m1/s1. The fraction of sp³-hybridized carbons (Fsp3) is 0.333. The van der Waals surface area contributed by atoms with E-state index in [2.05, 4.69) is 21.8 Å². The second kappa shape index (κ2) is 8.56. The number of fused-ring (bicyclic) bond motifs is 2. The molecule has 5 rings (SSSR count). The van der Waals surface area contributed by atoms with Crippen molar-refractivity contribution in [2.24, 2.45) is 5.73 Å². The molecular formula is C24H26N7O2+. The van der Waals surface area contributed by atoms with Crippen molar-refractivity contribution in [1.82, 2.24) is 19.3 Å². The van der Waals surface area contributed by atoms with Gasteiger partial charge < -0.3 is 10.6 Å². The molecule has 4 aromatic rings. The van der Waals surface area contributed by atoms with E-state index in [1.807, 2.05) is 34.9 Å². The van der Waals surface area contributed by atoms with Crippen molar-refractivity contribution in [2.45, 2.75) is 38.9 Å². The zero-order valence-corrected chi connectivity index (χ0v) is 18.5. The van der Waals surface area contributed by atoms with Gasteiger partial charge in [0.1, 0.15) is 17.6 Å². The van der Waals surface area contributed by atoms with E-state index in [0.717, 1.165) is 29.5 Å². The maximum Gasteiger partial charge on any atom is 0.293 e. The van der Waals surface area contributed by atoms with Crippen LogP contribution in [0.2, 0.25) is 0 Å². The predicted octanol–water partition coefficient (Wildman–Crippen LogP) is 1.27. The molecule has 0 radical (unpaired) electrons. The Balaban J connectivity index is 1.60. The monoisotopic (exact) mass is 444 g/mol. The highest BCUT2D eigenvalue weighted by atomic mass is 16.5. The van der Waals surface area contributed by atoms with Gasteiger partial charge >= 0.3 is 0 Å². The molecule has 1 aliphatic rings. The first-order chi connectivity index (χ1) is 16.1. The van der Waals surface area contributed by atoms with Crippen molar-refractivity contribution in [2.75, 3.05) is 18.0 Å². The van der Waals surface area contributed by atoms with Crippen LogP contribution in [0.1, 0.15) is 25.5 Å². The van der Waals surface area contributed by atoms with Gasteiger partial charge in [-0.15, -0.1) is 5.92 Å². The first kappa shape index (κ1) is 21.0. The Morgan fingerprint density at radius 3 is 2.94 bits per heavy atom. The first-order valence-corrected chi connectivity index (χ1v) is 11.0. The zero-order chi connectivity index (χ0) is 22.9. The Morgan fingerprint density at radius 1 is 1.27 bits per heavy atom. The fourth-order valence-electron chi connectivity index (χ4n) is 4.43. The van der Waals surface area contributed by atoms with Crippen LogP contribution >= 0.6 is 0 Å². The molecule has 9 nitrogen and oxygen atoms in total. The van der Waals surface area contributed by atoms with E-state index in [1.165, 1.54) is 4.68 Å². The molecule has 33 heavy (non-hydrogen) atoms. The molecule has 1 saturated heterocycles. The highest BCUT2D eigenvalue weighted by Crippen LogP contribution is 2.23. The molecule has 0 aliphatic carbocycles. The summed E-state index contributed by atoms with van der Waals surface area (Å²) in [5.41, 5.74) is 8.10. The number of hydrogen-bond donors (Lipinski definition) is 2. The van der Waals surface area contributed by atoms with Crippen LogP contribution in [0.4, 0.5) is 5.95 Å². The van der Waals surface area contributed by atoms with E-state index in [-0.39, 0.29) is 18.1 Å². The Hall–Kier alpha value is -3.90. The molecule has 9 heteroatoms. The van der Waals surface area contributed by atoms with Gasteiger partial charge in [-0.1, -0.05) is 18.1 Å². The number of hydrogen-bond acceptors (Lipinski definition) is 6. The second-order valence-corrected chi connectivity index (χ2v) is 8.31. The first-order valence-electron chi connectivity index (χ1n) is 11.0. The van der Waals surface area contributed by atoms with E-state index >= 15 is 0 Å². The van der Waals surface area contributed by atoms with Gasteiger partial charge in [-0.2, -0.15) is 5.10 Å². The summed E-state index contributed by atoms with van der Waals surface area (Å²) in [6, 6.07) is 11.3. The number of rotatable bonds is 4. The molecule has 1 fully saturated rings. The van der Waals surface area contributed by atoms with E-state index in [1.54, 1.807) is 19.2 Å². The molecule has 0 unspecified atom stereocenters. The van der Waals surface area contributed by atoms with Crippen LogP contribution in [0.5, 0.6) is 0 Å². The lowest BCUT2D eigenvalue weighted by Crippen LogP contribution is -2.44. The summed E-state index contributed by atoms with van der Waals surface area (Å²) in [5.74, 6) is 6.66. The largest absolute Gasteiger partial charge is 0.341 e. The maximum atomic E-state index is 13.5. The number of piperidine rings is 1. The number of para-hydroxylation sites is 1. The van der Waals surface area contributed by atoms with E-state index in [9.17, 15) is 10.0 Å². The summed E-state index contributed by atoms with van der Waals surface area (Å²) in [7, 11) is 0. The van der Waals surface area contributed by atoms with Crippen molar-refractivity contribution >= 4 is 27.9 Å². The molecule has 0 spiro atoms. The molecule has 0 amide bonds. The van der Waals surface area contributed by atoms with Crippen LogP contribution in [-0.4, -0.2) is 43.7 Å². The van der Waals surface area contributed by atoms with Gasteiger partial charge in [-0.05, 0) is 31.9 Å². The summed E-state index contributed by atoms with van der Waals surface area (Å²) in [6.07, 6.45) is 3.56. The quantitative estimate of drug-likeness (QED) is 0.279. The van der Waals surface area contributed by atoms with Crippen molar-refractivity contribution in [3.05, 3.63) is 58.6 Å². The van der Waals surface area contributed by atoms with Gasteiger partial charge in [0.05, 0.1) is 18.1 Å². The molecule has 1 atom stereocenters. The summed E-state index contributed by atoms with van der Waals surface area (Å²) in [4.78, 5) is 20.4. The molecule has 3 aromatic heterocycles. The molecule has 168 valence electrons. The normalized spacial score (nSPS) is 16.2. The Bertz CT molecular complexity index is 1460. The van der Waals surface area contributed by atoms with Crippen LogP contribution in [0.3, 0.4) is 0 Å². The molecule has 0 bridgehead atoms. The van der Waals surface area contributed by atoms with Gasteiger partial charge in [0, 0.05) is 36.0 Å². The Morgan fingerprint density at radius 2 is 2.12 bits per heavy atom. The number of pyridine rings is 1. The van der Waals surface area contributed by atoms with Crippen LogP contribution in [-0.2, 0) is 13.1 Å². The lowest BCUT2D eigenvalue weighted by atomic mass is 10.1. The van der Waals surface area contributed by atoms with E-state index in [4.69, 9.17) is 10.7 Å². The molecular weight excluding hydrogens is 418 g/mol. The van der Waals surface area contributed by atoms with E-state index in [0.29, 0.717) is 41.3 Å². The lowest BCUT2D eigenvalue weighted by molar-refractivity contribution is -0.889. The van der Waals surface area contributed by atoms with Crippen molar-refractivity contribution in [1.29, 1.82) is 0 Å². The average molecular weight is 445 g/mol. The number of nitrogens with zero attached hydrogens (tertiary/aromatic N) is 6. The number of benzene rings is 1. The van der Waals surface area contributed by atoms with Gasteiger partial charge in [0.2, 0.25) is 5.95 Å². The second-order valence-electron chi connectivity index (χ2n) is 8.31. The number of aromatic nitrogens is 5. The number of nitrogens with two attached hydrogens (primary N) is 1. The summed E-state index contributed by atoms with van der Waals surface area (Å²) >= 11 is 0. The Labute approximate surface area is 190 Å². The molecule has 1 aliphatic heterocycles. The van der Waals surface area contributed by atoms with Crippen molar-refractivity contribution in [3.8, 4) is 11.8 Å². The molecule has 3 N–H and O–H groups in total. The highest BCUT2D eigenvalue weighted by molar-refractivity contribution is 5.77. The Kier molecular flexibility index (Phi) is 5.44. The number of anilines is 1.